The summed E-state index contributed by atoms with van der Waals surface area (Å²) in [5.74, 6) is 0.215. The molecule has 1 amide bonds. The van der Waals surface area contributed by atoms with Gasteiger partial charge in [0.2, 0.25) is 27.6 Å². The summed E-state index contributed by atoms with van der Waals surface area (Å²) in [6.45, 7) is 3.63. The molecule has 8 nitrogen and oxygen atoms in total. The fourth-order valence-electron chi connectivity index (χ4n) is 3.14. The Bertz CT molecular complexity index is 1110. The number of benzene rings is 2. The van der Waals surface area contributed by atoms with Gasteiger partial charge in [-0.2, -0.15) is 4.98 Å². The van der Waals surface area contributed by atoms with E-state index in [4.69, 9.17) is 4.52 Å². The van der Waals surface area contributed by atoms with E-state index in [9.17, 15) is 13.2 Å². The van der Waals surface area contributed by atoms with Crippen molar-refractivity contribution < 1.29 is 17.7 Å². The largest absolute Gasteiger partial charge is 0.345 e. The first-order valence-corrected chi connectivity index (χ1v) is 11.4. The maximum Gasteiger partial charge on any atom is 0.246 e. The summed E-state index contributed by atoms with van der Waals surface area (Å²) >= 11 is 0. The van der Waals surface area contributed by atoms with E-state index in [1.54, 1.807) is 25.1 Å². The number of amides is 1. The maximum absolute atomic E-state index is 12.9. The molecule has 0 saturated carbocycles. The highest BCUT2D eigenvalue weighted by molar-refractivity contribution is 7.92. The SMILES string of the molecule is CC[C@H](C(=O)NCc1nc(-c2ccccc2)no1)N(c1cccc(C)c1)S(C)(=O)=O. The highest BCUT2D eigenvalue weighted by atomic mass is 32.2. The molecule has 3 rings (SSSR count). The predicted molar refractivity (Wildman–Crippen MR) is 114 cm³/mol. The van der Waals surface area contributed by atoms with E-state index in [1.807, 2.05) is 43.3 Å². The molecule has 0 aliphatic rings. The number of hydrogen-bond donors (Lipinski definition) is 1. The third kappa shape index (κ3) is 5.04. The maximum atomic E-state index is 12.9. The zero-order valence-corrected chi connectivity index (χ0v) is 17.9. The number of hydrogen-bond acceptors (Lipinski definition) is 6. The molecule has 0 aliphatic carbocycles. The highest BCUT2D eigenvalue weighted by Gasteiger charge is 2.31. The fraction of sp³-hybridized carbons (Fsp3) is 0.286. The number of carbonyl (C=O) groups excluding carboxylic acids is 1. The number of anilines is 1. The minimum Gasteiger partial charge on any atom is -0.345 e. The van der Waals surface area contributed by atoms with E-state index in [2.05, 4.69) is 15.5 Å². The summed E-state index contributed by atoms with van der Waals surface area (Å²) in [6.07, 6.45) is 1.39. The molecule has 0 saturated heterocycles. The van der Waals surface area contributed by atoms with Crippen LogP contribution < -0.4 is 9.62 Å². The minimum absolute atomic E-state index is 0.000582. The Morgan fingerprint density at radius 2 is 1.90 bits per heavy atom. The van der Waals surface area contributed by atoms with Crippen molar-refractivity contribution in [3.63, 3.8) is 0 Å². The van der Waals surface area contributed by atoms with E-state index < -0.39 is 22.0 Å². The Hall–Kier alpha value is -3.20. The van der Waals surface area contributed by atoms with Crippen molar-refractivity contribution in [3.05, 3.63) is 66.1 Å². The van der Waals surface area contributed by atoms with Crippen molar-refractivity contribution in [2.45, 2.75) is 32.9 Å². The average Bonchev–Trinajstić information content (AvgIpc) is 3.19. The van der Waals surface area contributed by atoms with Gasteiger partial charge in [0.05, 0.1) is 18.5 Å². The summed E-state index contributed by atoms with van der Waals surface area (Å²) in [5, 5.41) is 6.63. The van der Waals surface area contributed by atoms with Crippen molar-refractivity contribution in [1.29, 1.82) is 0 Å². The summed E-state index contributed by atoms with van der Waals surface area (Å²) in [7, 11) is -3.68. The number of nitrogens with zero attached hydrogens (tertiary/aromatic N) is 3. The van der Waals surface area contributed by atoms with E-state index >= 15 is 0 Å². The lowest BCUT2D eigenvalue weighted by Crippen LogP contribution is -2.49. The Labute approximate surface area is 176 Å². The molecule has 0 aliphatic heterocycles. The molecule has 1 heterocycles. The van der Waals surface area contributed by atoms with Gasteiger partial charge >= 0.3 is 0 Å². The number of nitrogens with one attached hydrogen (secondary N) is 1. The van der Waals surface area contributed by atoms with Gasteiger partial charge < -0.3 is 9.84 Å². The molecule has 0 unspecified atom stereocenters. The van der Waals surface area contributed by atoms with Crippen LogP contribution in [0.15, 0.2) is 59.1 Å². The second kappa shape index (κ2) is 9.08. The van der Waals surface area contributed by atoms with Gasteiger partial charge in [-0.25, -0.2) is 8.42 Å². The summed E-state index contributed by atoms with van der Waals surface area (Å²) in [4.78, 5) is 17.1. The normalized spacial score (nSPS) is 12.4. The second-order valence-electron chi connectivity index (χ2n) is 6.92. The van der Waals surface area contributed by atoms with Crippen LogP contribution in [0.1, 0.15) is 24.8 Å². The molecular weight excluding hydrogens is 404 g/mol. The van der Waals surface area contributed by atoms with Gasteiger partial charge in [-0.1, -0.05) is 54.5 Å². The number of carbonyl (C=O) groups is 1. The molecule has 30 heavy (non-hydrogen) atoms. The first-order valence-electron chi connectivity index (χ1n) is 9.51. The summed E-state index contributed by atoms with van der Waals surface area (Å²) in [6, 6.07) is 15.5. The molecule has 158 valence electrons. The van der Waals surface area contributed by atoms with E-state index in [1.165, 1.54) is 0 Å². The molecule has 0 fully saturated rings. The molecule has 2 aromatic carbocycles. The number of aryl methyl sites for hydroxylation is 1. The zero-order valence-electron chi connectivity index (χ0n) is 17.1. The number of rotatable bonds is 8. The molecular formula is C21H24N4O4S. The smallest absolute Gasteiger partial charge is 0.246 e. The van der Waals surface area contributed by atoms with Crippen LogP contribution in [0, 0.1) is 6.92 Å². The Kier molecular flexibility index (Phi) is 6.51. The number of sulfonamides is 1. The second-order valence-corrected chi connectivity index (χ2v) is 8.78. The molecule has 1 aromatic heterocycles. The van der Waals surface area contributed by atoms with Crippen molar-refractivity contribution >= 4 is 21.6 Å². The Morgan fingerprint density at radius 1 is 1.17 bits per heavy atom. The van der Waals surface area contributed by atoms with Crippen molar-refractivity contribution in [2.24, 2.45) is 0 Å². The monoisotopic (exact) mass is 428 g/mol. The highest BCUT2D eigenvalue weighted by Crippen LogP contribution is 2.23. The van der Waals surface area contributed by atoms with Crippen LogP contribution in [0.2, 0.25) is 0 Å². The topological polar surface area (TPSA) is 105 Å². The van der Waals surface area contributed by atoms with Crippen LogP contribution in [0.5, 0.6) is 0 Å². The van der Waals surface area contributed by atoms with Gasteiger partial charge in [-0.3, -0.25) is 9.10 Å². The third-order valence-electron chi connectivity index (χ3n) is 4.50. The molecule has 9 heteroatoms. The lowest BCUT2D eigenvalue weighted by Gasteiger charge is -2.30. The van der Waals surface area contributed by atoms with Gasteiger partial charge in [-0.15, -0.1) is 0 Å². The predicted octanol–water partition coefficient (Wildman–Crippen LogP) is 2.91. The quantitative estimate of drug-likeness (QED) is 0.591. The van der Waals surface area contributed by atoms with Crippen molar-refractivity contribution in [3.8, 4) is 11.4 Å². The first kappa shape index (κ1) is 21.5. The lowest BCUT2D eigenvalue weighted by molar-refractivity contribution is -0.122. The van der Waals surface area contributed by atoms with Crippen LogP contribution in [-0.4, -0.2) is 36.8 Å². The Morgan fingerprint density at radius 3 is 2.53 bits per heavy atom. The van der Waals surface area contributed by atoms with Crippen molar-refractivity contribution in [2.75, 3.05) is 10.6 Å². The van der Waals surface area contributed by atoms with Crippen LogP contribution in [0.3, 0.4) is 0 Å². The van der Waals surface area contributed by atoms with Crippen LogP contribution >= 0.6 is 0 Å². The molecule has 1 atom stereocenters. The standard InChI is InChI=1S/C21H24N4O4S/c1-4-18(25(30(3,27)28)17-12-8-9-15(2)13-17)21(26)22-14-19-23-20(24-29-19)16-10-6-5-7-11-16/h5-13,18H,4,14H2,1-3H3,(H,22,26)/t18-/m1/s1. The van der Waals surface area contributed by atoms with Gasteiger partial charge in [0.15, 0.2) is 0 Å². The average molecular weight is 429 g/mol. The van der Waals surface area contributed by atoms with Crippen LogP contribution in [0.4, 0.5) is 5.69 Å². The minimum atomic E-state index is -3.68. The van der Waals surface area contributed by atoms with Gasteiger partial charge in [0, 0.05) is 5.56 Å². The van der Waals surface area contributed by atoms with Gasteiger partial charge in [0.1, 0.15) is 6.04 Å². The molecule has 3 aromatic rings. The Balaban J connectivity index is 1.76. The fourth-order valence-corrected chi connectivity index (χ4v) is 4.34. The van der Waals surface area contributed by atoms with E-state index in [-0.39, 0.29) is 12.4 Å². The van der Waals surface area contributed by atoms with E-state index in [0.717, 1.165) is 21.7 Å². The molecule has 0 radical (unpaired) electrons. The molecule has 0 bridgehead atoms. The zero-order chi connectivity index (χ0) is 21.7. The van der Waals surface area contributed by atoms with E-state index in [0.29, 0.717) is 17.9 Å². The first-order chi connectivity index (χ1) is 14.3. The van der Waals surface area contributed by atoms with Crippen LogP contribution in [-0.2, 0) is 21.4 Å². The van der Waals surface area contributed by atoms with Crippen LogP contribution in [0.25, 0.3) is 11.4 Å². The summed E-state index contributed by atoms with van der Waals surface area (Å²) < 4.78 is 31.3. The number of aromatic nitrogens is 2. The summed E-state index contributed by atoms with van der Waals surface area (Å²) in [5.41, 5.74) is 2.15. The van der Waals surface area contributed by atoms with Crippen molar-refractivity contribution in [1.82, 2.24) is 15.5 Å². The van der Waals surface area contributed by atoms with Gasteiger partial charge in [0.25, 0.3) is 0 Å². The third-order valence-corrected chi connectivity index (χ3v) is 5.68. The molecule has 0 spiro atoms. The lowest BCUT2D eigenvalue weighted by atomic mass is 10.1. The molecule has 1 N–H and O–H groups in total. The van der Waals surface area contributed by atoms with Gasteiger partial charge in [-0.05, 0) is 31.0 Å².